The summed E-state index contributed by atoms with van der Waals surface area (Å²) in [4.78, 5) is 8.45. The number of hydrogen-bond acceptors (Lipinski definition) is 5. The Labute approximate surface area is 152 Å². The molecule has 0 radical (unpaired) electrons. The van der Waals surface area contributed by atoms with Crippen LogP contribution in [0.2, 0.25) is 0 Å². The maximum atomic E-state index is 5.91. The van der Waals surface area contributed by atoms with Gasteiger partial charge in [0.2, 0.25) is 5.89 Å². The first-order chi connectivity index (χ1) is 12.3. The highest BCUT2D eigenvalue weighted by atomic mass is 32.1. The van der Waals surface area contributed by atoms with Crippen LogP contribution in [0.4, 0.5) is 0 Å². The topological polar surface area (TPSA) is 47.1 Å². The predicted octanol–water partition coefficient (Wildman–Crippen LogP) is 4.35. The number of rotatable bonds is 6. The highest BCUT2D eigenvalue weighted by Gasteiger charge is 2.24. The molecule has 0 spiro atoms. The van der Waals surface area contributed by atoms with Crippen LogP contribution in [0.1, 0.15) is 37.1 Å². The van der Waals surface area contributed by atoms with Gasteiger partial charge in [0.15, 0.2) is 0 Å². The zero-order valence-electron chi connectivity index (χ0n) is 14.6. The lowest BCUT2D eigenvalue weighted by Crippen LogP contribution is -2.39. The molecule has 3 aromatic heterocycles. The number of hydrogen-bond donors (Lipinski definition) is 0. The fourth-order valence-electron chi connectivity index (χ4n) is 3.58. The van der Waals surface area contributed by atoms with Crippen LogP contribution in [0.25, 0.3) is 10.8 Å². The van der Waals surface area contributed by atoms with E-state index in [-0.39, 0.29) is 0 Å². The molecule has 4 heterocycles. The Morgan fingerprint density at radius 1 is 1.32 bits per heavy atom. The van der Waals surface area contributed by atoms with E-state index in [9.17, 15) is 0 Å². The molecule has 1 aliphatic rings. The first kappa shape index (κ1) is 16.5. The maximum absolute atomic E-state index is 5.91. The highest BCUT2D eigenvalue weighted by molar-refractivity contribution is 7.13. The van der Waals surface area contributed by atoms with Crippen molar-refractivity contribution in [2.45, 2.75) is 51.7 Å². The molecular formula is C19H24N4OS. The minimum Gasteiger partial charge on any atom is -0.440 e. The molecule has 6 heteroatoms. The van der Waals surface area contributed by atoms with Crippen LogP contribution < -0.4 is 0 Å². The van der Waals surface area contributed by atoms with Crippen molar-refractivity contribution in [3.63, 3.8) is 0 Å². The molecule has 1 saturated heterocycles. The van der Waals surface area contributed by atoms with Gasteiger partial charge in [-0.25, -0.2) is 4.98 Å². The van der Waals surface area contributed by atoms with Gasteiger partial charge in [-0.05, 0) is 50.2 Å². The van der Waals surface area contributed by atoms with E-state index in [4.69, 9.17) is 9.40 Å². The zero-order chi connectivity index (χ0) is 17.1. The lowest BCUT2D eigenvalue weighted by molar-refractivity contribution is 0.125. The van der Waals surface area contributed by atoms with E-state index < -0.39 is 0 Å². The molecule has 5 nitrogen and oxygen atoms in total. The molecule has 0 unspecified atom stereocenters. The SMILES string of the molecule is Cc1oc(-c2cccs2)nc1CN1CCCC[C@H]1CCn1cccn1. The molecule has 132 valence electrons. The van der Waals surface area contributed by atoms with E-state index >= 15 is 0 Å². The first-order valence-corrected chi connectivity index (χ1v) is 9.89. The molecule has 1 fully saturated rings. The molecular weight excluding hydrogens is 332 g/mol. The van der Waals surface area contributed by atoms with Crippen molar-refractivity contribution in [2.24, 2.45) is 0 Å². The van der Waals surface area contributed by atoms with Gasteiger partial charge in [0.1, 0.15) is 5.76 Å². The van der Waals surface area contributed by atoms with Crippen molar-refractivity contribution in [2.75, 3.05) is 6.54 Å². The van der Waals surface area contributed by atoms with Crippen LogP contribution in [0.15, 0.2) is 40.4 Å². The van der Waals surface area contributed by atoms with Gasteiger partial charge in [-0.1, -0.05) is 12.5 Å². The Hall–Kier alpha value is -1.92. The molecule has 4 rings (SSSR count). The molecule has 0 bridgehead atoms. The third-order valence-corrected chi connectivity index (χ3v) is 5.84. The van der Waals surface area contributed by atoms with Crippen LogP contribution in [-0.2, 0) is 13.1 Å². The van der Waals surface area contributed by atoms with Crippen LogP contribution in [0.3, 0.4) is 0 Å². The molecule has 25 heavy (non-hydrogen) atoms. The summed E-state index contributed by atoms with van der Waals surface area (Å²) in [5.41, 5.74) is 1.08. The quantitative estimate of drug-likeness (QED) is 0.659. The second-order valence-corrected chi connectivity index (χ2v) is 7.62. The van der Waals surface area contributed by atoms with Gasteiger partial charge in [0.05, 0.1) is 10.6 Å². The van der Waals surface area contributed by atoms with Crippen molar-refractivity contribution >= 4 is 11.3 Å². The summed E-state index contributed by atoms with van der Waals surface area (Å²) in [5, 5.41) is 6.39. The van der Waals surface area contributed by atoms with Gasteiger partial charge in [0.25, 0.3) is 0 Å². The lowest BCUT2D eigenvalue weighted by atomic mass is 9.99. The molecule has 0 N–H and O–H groups in total. The average Bonchev–Trinajstić information content (AvgIpc) is 3.37. The van der Waals surface area contributed by atoms with Crippen molar-refractivity contribution in [3.8, 4) is 10.8 Å². The van der Waals surface area contributed by atoms with Gasteiger partial charge in [0, 0.05) is 31.5 Å². The number of nitrogens with zero attached hydrogens (tertiary/aromatic N) is 4. The van der Waals surface area contributed by atoms with E-state index in [1.807, 2.05) is 36.1 Å². The number of aromatic nitrogens is 3. The predicted molar refractivity (Wildman–Crippen MR) is 99.4 cm³/mol. The van der Waals surface area contributed by atoms with Crippen LogP contribution in [0.5, 0.6) is 0 Å². The minimum atomic E-state index is 0.597. The number of likely N-dealkylation sites (tertiary alicyclic amines) is 1. The summed E-state index contributed by atoms with van der Waals surface area (Å²) in [6.07, 6.45) is 8.88. The van der Waals surface area contributed by atoms with Crippen molar-refractivity contribution < 1.29 is 4.42 Å². The van der Waals surface area contributed by atoms with Gasteiger partial charge < -0.3 is 4.42 Å². The summed E-state index contributed by atoms with van der Waals surface area (Å²) in [5.74, 6) is 1.70. The molecule has 1 aliphatic heterocycles. The van der Waals surface area contributed by atoms with E-state index in [0.29, 0.717) is 6.04 Å². The van der Waals surface area contributed by atoms with E-state index in [1.165, 1.54) is 19.3 Å². The minimum absolute atomic E-state index is 0.597. The van der Waals surface area contributed by atoms with Crippen LogP contribution in [0, 0.1) is 6.92 Å². The Balaban J connectivity index is 1.44. The monoisotopic (exact) mass is 356 g/mol. The lowest BCUT2D eigenvalue weighted by Gasteiger charge is -2.35. The third-order valence-electron chi connectivity index (χ3n) is 4.98. The van der Waals surface area contributed by atoms with E-state index in [0.717, 1.165) is 48.3 Å². The normalized spacial score (nSPS) is 18.7. The Bertz CT molecular complexity index is 779. The Morgan fingerprint density at radius 3 is 3.08 bits per heavy atom. The standard InChI is InChI=1S/C19H24N4OS/c1-15-17(21-19(24-15)18-7-4-13-25-18)14-22-10-3-2-6-16(22)8-12-23-11-5-9-20-23/h4-5,7,9,11,13,16H,2-3,6,8,10,12,14H2,1H3/t16-/m0/s1. The maximum Gasteiger partial charge on any atom is 0.236 e. The third kappa shape index (κ3) is 3.85. The second-order valence-electron chi connectivity index (χ2n) is 6.68. The smallest absolute Gasteiger partial charge is 0.236 e. The summed E-state index contributed by atoms with van der Waals surface area (Å²) in [6.45, 7) is 5.03. The molecule has 0 aliphatic carbocycles. The summed E-state index contributed by atoms with van der Waals surface area (Å²) >= 11 is 1.67. The average molecular weight is 356 g/mol. The largest absolute Gasteiger partial charge is 0.440 e. The van der Waals surface area contributed by atoms with Crippen molar-refractivity contribution in [1.82, 2.24) is 19.7 Å². The molecule has 0 saturated carbocycles. The molecule has 3 aromatic rings. The number of thiophene rings is 1. The first-order valence-electron chi connectivity index (χ1n) is 9.01. The zero-order valence-corrected chi connectivity index (χ0v) is 15.4. The van der Waals surface area contributed by atoms with Crippen molar-refractivity contribution in [1.29, 1.82) is 0 Å². The van der Waals surface area contributed by atoms with Crippen LogP contribution in [-0.4, -0.2) is 32.3 Å². The molecule has 0 amide bonds. The Morgan fingerprint density at radius 2 is 2.28 bits per heavy atom. The Kier molecular flexibility index (Phi) is 4.99. The van der Waals surface area contributed by atoms with E-state index in [2.05, 4.69) is 21.4 Å². The fourth-order valence-corrected chi connectivity index (χ4v) is 4.23. The van der Waals surface area contributed by atoms with Gasteiger partial charge in [-0.3, -0.25) is 9.58 Å². The second kappa shape index (κ2) is 7.54. The molecule has 0 aromatic carbocycles. The van der Waals surface area contributed by atoms with E-state index in [1.54, 1.807) is 11.3 Å². The highest BCUT2D eigenvalue weighted by Crippen LogP contribution is 2.28. The number of aryl methyl sites for hydroxylation is 2. The fraction of sp³-hybridized carbons (Fsp3) is 0.474. The van der Waals surface area contributed by atoms with Gasteiger partial charge >= 0.3 is 0 Å². The summed E-state index contributed by atoms with van der Waals surface area (Å²) in [7, 11) is 0. The van der Waals surface area contributed by atoms with Gasteiger partial charge in [-0.15, -0.1) is 11.3 Å². The number of oxazole rings is 1. The van der Waals surface area contributed by atoms with Crippen molar-refractivity contribution in [3.05, 3.63) is 47.4 Å². The number of piperidine rings is 1. The summed E-state index contributed by atoms with van der Waals surface area (Å²) in [6, 6.07) is 6.69. The molecule has 1 atom stereocenters. The van der Waals surface area contributed by atoms with Gasteiger partial charge in [-0.2, -0.15) is 5.10 Å². The summed E-state index contributed by atoms with van der Waals surface area (Å²) < 4.78 is 7.94. The van der Waals surface area contributed by atoms with Crippen LogP contribution >= 0.6 is 11.3 Å².